The summed E-state index contributed by atoms with van der Waals surface area (Å²) < 4.78 is 11.5. The van der Waals surface area contributed by atoms with Crippen LogP contribution < -0.4 is 25.4 Å². The molecule has 0 bridgehead atoms. The maximum Gasteiger partial charge on any atom is 0.234 e. The van der Waals surface area contributed by atoms with Crippen molar-refractivity contribution in [2.24, 2.45) is 4.99 Å². The highest BCUT2D eigenvalue weighted by Crippen LogP contribution is 2.35. The van der Waals surface area contributed by atoms with E-state index in [1.54, 1.807) is 7.11 Å². The van der Waals surface area contributed by atoms with Crippen LogP contribution in [0.1, 0.15) is 51.2 Å². The Bertz CT molecular complexity index is 790. The van der Waals surface area contributed by atoms with Gasteiger partial charge in [-0.2, -0.15) is 0 Å². The van der Waals surface area contributed by atoms with Gasteiger partial charge in [0.15, 0.2) is 5.96 Å². The maximum atomic E-state index is 12.0. The molecular weight excluding hydrogens is 406 g/mol. The van der Waals surface area contributed by atoms with E-state index in [0.717, 1.165) is 74.9 Å². The molecular formula is C24H39N5O3. The first kappa shape index (κ1) is 24.2. The lowest BCUT2D eigenvalue weighted by Crippen LogP contribution is -2.50. The van der Waals surface area contributed by atoms with Crippen molar-refractivity contribution in [1.82, 2.24) is 20.9 Å². The minimum absolute atomic E-state index is 0.120. The van der Waals surface area contributed by atoms with Crippen molar-refractivity contribution in [3.8, 4) is 11.5 Å². The number of carbonyl (C=O) groups excluding carboxylic acids is 1. The Labute approximate surface area is 192 Å². The Balaban J connectivity index is 1.55. The van der Waals surface area contributed by atoms with E-state index in [1.165, 1.54) is 5.56 Å². The fraction of sp³-hybridized carbons (Fsp3) is 0.667. The SMILES string of the molecule is CCCNC(=O)CN1CCC(NC(=NCc2cc3c(cc2OC)CC(C)O3)NCC)CC1. The van der Waals surface area contributed by atoms with E-state index in [0.29, 0.717) is 19.1 Å². The van der Waals surface area contributed by atoms with Gasteiger partial charge in [0.25, 0.3) is 0 Å². The van der Waals surface area contributed by atoms with Crippen molar-refractivity contribution >= 4 is 11.9 Å². The number of nitrogens with zero attached hydrogens (tertiary/aromatic N) is 2. The third-order valence-corrected chi connectivity index (χ3v) is 5.92. The number of likely N-dealkylation sites (tertiary alicyclic amines) is 1. The topological polar surface area (TPSA) is 87.2 Å². The number of carbonyl (C=O) groups is 1. The predicted molar refractivity (Wildman–Crippen MR) is 128 cm³/mol. The zero-order valence-electron chi connectivity index (χ0n) is 20.0. The van der Waals surface area contributed by atoms with Gasteiger partial charge in [-0.1, -0.05) is 6.92 Å². The van der Waals surface area contributed by atoms with Crippen LogP contribution in [-0.4, -0.2) is 68.7 Å². The maximum absolute atomic E-state index is 12.0. The zero-order chi connectivity index (χ0) is 22.9. The van der Waals surface area contributed by atoms with Crippen LogP contribution in [0.5, 0.6) is 11.5 Å². The van der Waals surface area contributed by atoms with Crippen LogP contribution in [-0.2, 0) is 17.8 Å². The molecule has 0 aromatic heterocycles. The van der Waals surface area contributed by atoms with Crippen LogP contribution in [0, 0.1) is 0 Å². The van der Waals surface area contributed by atoms with Crippen LogP contribution in [0.2, 0.25) is 0 Å². The number of piperidine rings is 1. The standard InChI is InChI=1S/C24H39N5O3/c1-5-9-26-23(30)16-29-10-7-20(8-11-29)28-24(25-6-2)27-15-19-14-22-18(12-17(3)32-22)13-21(19)31-4/h13-14,17,20H,5-12,15-16H2,1-4H3,(H,26,30)(H2,25,27,28). The lowest BCUT2D eigenvalue weighted by molar-refractivity contribution is -0.122. The molecule has 0 aliphatic carbocycles. The highest BCUT2D eigenvalue weighted by atomic mass is 16.5. The summed E-state index contributed by atoms with van der Waals surface area (Å²) in [6.07, 6.45) is 4.06. The normalized spacial score (nSPS) is 19.2. The van der Waals surface area contributed by atoms with Crippen molar-refractivity contribution < 1.29 is 14.3 Å². The van der Waals surface area contributed by atoms with Crippen molar-refractivity contribution in [1.29, 1.82) is 0 Å². The molecule has 8 nitrogen and oxygen atoms in total. The lowest BCUT2D eigenvalue weighted by atomic mass is 10.1. The number of ether oxygens (including phenoxy) is 2. The minimum atomic E-state index is 0.120. The van der Waals surface area contributed by atoms with Gasteiger partial charge in [-0.25, -0.2) is 4.99 Å². The number of nitrogens with one attached hydrogen (secondary N) is 3. The van der Waals surface area contributed by atoms with E-state index >= 15 is 0 Å². The number of aliphatic imine (C=N–C) groups is 1. The van der Waals surface area contributed by atoms with Crippen LogP contribution in [0.25, 0.3) is 0 Å². The summed E-state index contributed by atoms with van der Waals surface area (Å²) in [7, 11) is 1.70. The molecule has 0 spiro atoms. The van der Waals surface area contributed by atoms with Gasteiger partial charge in [-0.3, -0.25) is 9.69 Å². The van der Waals surface area contributed by atoms with Crippen LogP contribution in [0.4, 0.5) is 0 Å². The van der Waals surface area contributed by atoms with E-state index in [2.05, 4.69) is 53.8 Å². The summed E-state index contributed by atoms with van der Waals surface area (Å²) in [5.41, 5.74) is 2.22. The van der Waals surface area contributed by atoms with Gasteiger partial charge in [-0.05, 0) is 45.2 Å². The van der Waals surface area contributed by atoms with Gasteiger partial charge in [0, 0.05) is 49.8 Å². The van der Waals surface area contributed by atoms with Crippen molar-refractivity contribution in [2.45, 2.75) is 65.1 Å². The van der Waals surface area contributed by atoms with Gasteiger partial charge >= 0.3 is 0 Å². The molecule has 2 heterocycles. The Morgan fingerprint density at radius 2 is 2.03 bits per heavy atom. The summed E-state index contributed by atoms with van der Waals surface area (Å²) in [5, 5.41) is 9.88. The summed E-state index contributed by atoms with van der Waals surface area (Å²) in [4.78, 5) is 19.0. The zero-order valence-corrected chi connectivity index (χ0v) is 20.0. The Hall–Kier alpha value is -2.48. The van der Waals surface area contributed by atoms with E-state index in [-0.39, 0.29) is 12.0 Å². The molecule has 1 atom stereocenters. The molecule has 3 N–H and O–H groups in total. The molecule has 0 saturated carbocycles. The number of hydrogen-bond acceptors (Lipinski definition) is 5. The van der Waals surface area contributed by atoms with Crippen molar-refractivity contribution in [2.75, 3.05) is 39.8 Å². The van der Waals surface area contributed by atoms with Crippen LogP contribution >= 0.6 is 0 Å². The number of hydrogen-bond donors (Lipinski definition) is 3. The average molecular weight is 446 g/mol. The fourth-order valence-corrected chi connectivity index (χ4v) is 4.23. The van der Waals surface area contributed by atoms with Crippen LogP contribution in [0.3, 0.4) is 0 Å². The Morgan fingerprint density at radius 1 is 1.25 bits per heavy atom. The Morgan fingerprint density at radius 3 is 2.72 bits per heavy atom. The second-order valence-corrected chi connectivity index (χ2v) is 8.64. The molecule has 8 heteroatoms. The highest BCUT2D eigenvalue weighted by molar-refractivity contribution is 5.80. The van der Waals surface area contributed by atoms with E-state index in [9.17, 15) is 4.79 Å². The minimum Gasteiger partial charge on any atom is -0.496 e. The summed E-state index contributed by atoms with van der Waals surface area (Å²) in [6, 6.07) is 4.48. The first-order valence-corrected chi connectivity index (χ1v) is 11.9. The molecule has 1 aromatic carbocycles. The van der Waals surface area contributed by atoms with E-state index in [1.807, 2.05) is 0 Å². The van der Waals surface area contributed by atoms with E-state index < -0.39 is 0 Å². The summed E-state index contributed by atoms with van der Waals surface area (Å²) >= 11 is 0. The molecule has 32 heavy (non-hydrogen) atoms. The van der Waals surface area contributed by atoms with Gasteiger partial charge in [0.1, 0.15) is 17.6 Å². The third-order valence-electron chi connectivity index (χ3n) is 5.92. The highest BCUT2D eigenvalue weighted by Gasteiger charge is 2.23. The second kappa shape index (κ2) is 11.9. The number of fused-ring (bicyclic) bond motifs is 1. The van der Waals surface area contributed by atoms with Crippen molar-refractivity contribution in [3.63, 3.8) is 0 Å². The summed E-state index contributed by atoms with van der Waals surface area (Å²) in [5.74, 6) is 2.73. The number of amides is 1. The van der Waals surface area contributed by atoms with Crippen LogP contribution in [0.15, 0.2) is 17.1 Å². The van der Waals surface area contributed by atoms with Crippen molar-refractivity contribution in [3.05, 3.63) is 23.3 Å². The molecule has 2 aliphatic heterocycles. The molecule has 1 saturated heterocycles. The monoisotopic (exact) mass is 445 g/mol. The predicted octanol–water partition coefficient (Wildman–Crippen LogP) is 2.06. The average Bonchev–Trinajstić information content (AvgIpc) is 3.15. The molecule has 1 fully saturated rings. The number of rotatable bonds is 9. The fourth-order valence-electron chi connectivity index (χ4n) is 4.23. The number of benzene rings is 1. The first-order valence-electron chi connectivity index (χ1n) is 11.9. The van der Waals surface area contributed by atoms with Gasteiger partial charge in [0.05, 0.1) is 20.2 Å². The molecule has 2 aliphatic rings. The van der Waals surface area contributed by atoms with E-state index in [4.69, 9.17) is 14.5 Å². The smallest absolute Gasteiger partial charge is 0.234 e. The number of guanidine groups is 1. The summed E-state index contributed by atoms with van der Waals surface area (Å²) in [6.45, 7) is 10.6. The number of methoxy groups -OCH3 is 1. The van der Waals surface area contributed by atoms with Gasteiger partial charge < -0.3 is 25.4 Å². The molecule has 0 radical (unpaired) electrons. The molecule has 3 rings (SSSR count). The van der Waals surface area contributed by atoms with Gasteiger partial charge in [-0.15, -0.1) is 0 Å². The molecule has 1 aromatic rings. The molecule has 1 amide bonds. The Kier molecular flexibility index (Phi) is 9.02. The molecule has 178 valence electrons. The largest absolute Gasteiger partial charge is 0.496 e. The molecule has 1 unspecified atom stereocenters. The van der Waals surface area contributed by atoms with Gasteiger partial charge in [0.2, 0.25) is 5.91 Å². The third kappa shape index (κ3) is 6.76. The second-order valence-electron chi connectivity index (χ2n) is 8.64. The quantitative estimate of drug-likeness (QED) is 0.398. The lowest BCUT2D eigenvalue weighted by Gasteiger charge is -2.32. The first-order chi connectivity index (χ1) is 15.5.